The minimum Gasteiger partial charge on any atom is -0.352 e. The average molecular weight is 646 g/mol. The highest BCUT2D eigenvalue weighted by Crippen LogP contribution is 2.28. The zero-order valence-corrected chi connectivity index (χ0v) is 27.7. The van der Waals surface area contributed by atoms with Gasteiger partial charge in [0, 0.05) is 24.0 Å². The van der Waals surface area contributed by atoms with Crippen molar-refractivity contribution in [3.63, 3.8) is 0 Å². The summed E-state index contributed by atoms with van der Waals surface area (Å²) >= 11 is 6.32. The van der Waals surface area contributed by atoms with E-state index < -0.39 is 28.5 Å². The van der Waals surface area contributed by atoms with Crippen molar-refractivity contribution in [2.24, 2.45) is 0 Å². The predicted molar refractivity (Wildman–Crippen MR) is 181 cm³/mol. The fraction of sp³-hybridized carbons (Fsp3) is 0.278. The van der Waals surface area contributed by atoms with Gasteiger partial charge in [0.05, 0.1) is 10.6 Å². The molecule has 7 nitrogen and oxygen atoms in total. The van der Waals surface area contributed by atoms with Crippen LogP contribution in [0.4, 0.5) is 5.69 Å². The topological polar surface area (TPSA) is 86.8 Å². The fourth-order valence-corrected chi connectivity index (χ4v) is 6.86. The number of carbonyl (C=O) groups is 2. The number of aryl methyl sites for hydroxylation is 2. The summed E-state index contributed by atoms with van der Waals surface area (Å²) in [5, 5.41) is 3.54. The molecule has 45 heavy (non-hydrogen) atoms. The van der Waals surface area contributed by atoms with Gasteiger partial charge in [-0.1, -0.05) is 96.9 Å². The van der Waals surface area contributed by atoms with Crippen molar-refractivity contribution in [3.05, 3.63) is 130 Å². The summed E-state index contributed by atoms with van der Waals surface area (Å²) in [6.07, 6.45) is 0.951. The van der Waals surface area contributed by atoms with Crippen LogP contribution < -0.4 is 9.62 Å². The van der Waals surface area contributed by atoms with Gasteiger partial charge < -0.3 is 10.2 Å². The standard InChI is InChI=1S/C36H40ClN3O4S/c1-5-28(4)38-36(42)34(23-29-13-8-6-9-14-29)39(24-30-15-12-16-31(37)22-30)35(41)25-40(33-20-19-26(2)21-27(33)3)45(43,44)32-17-10-7-11-18-32/h6-22,28,34H,5,23-25H2,1-4H3,(H,38,42)/t28-,34-/m1/s1. The number of carbonyl (C=O) groups excluding carboxylic acids is 2. The van der Waals surface area contributed by atoms with Crippen LogP contribution in [0.15, 0.2) is 108 Å². The summed E-state index contributed by atoms with van der Waals surface area (Å²) in [7, 11) is -4.16. The van der Waals surface area contributed by atoms with Crippen LogP contribution in [0.3, 0.4) is 0 Å². The van der Waals surface area contributed by atoms with E-state index in [0.717, 1.165) is 15.4 Å². The number of halogens is 1. The maximum Gasteiger partial charge on any atom is 0.264 e. The maximum absolute atomic E-state index is 14.6. The third kappa shape index (κ3) is 8.74. The normalized spacial score (nSPS) is 12.6. The van der Waals surface area contributed by atoms with E-state index in [-0.39, 0.29) is 29.8 Å². The van der Waals surface area contributed by atoms with Gasteiger partial charge in [-0.3, -0.25) is 13.9 Å². The molecule has 0 bridgehead atoms. The summed E-state index contributed by atoms with van der Waals surface area (Å²) in [6.45, 7) is 7.17. The largest absolute Gasteiger partial charge is 0.352 e. The van der Waals surface area contributed by atoms with Gasteiger partial charge in [-0.15, -0.1) is 0 Å². The van der Waals surface area contributed by atoms with Crippen LogP contribution in [0, 0.1) is 13.8 Å². The number of rotatable bonds is 13. The minimum atomic E-state index is -4.16. The second-order valence-corrected chi connectivity index (χ2v) is 13.6. The van der Waals surface area contributed by atoms with E-state index in [1.54, 1.807) is 42.5 Å². The molecule has 0 unspecified atom stereocenters. The van der Waals surface area contributed by atoms with E-state index >= 15 is 0 Å². The van der Waals surface area contributed by atoms with Crippen molar-refractivity contribution in [3.8, 4) is 0 Å². The summed E-state index contributed by atoms with van der Waals surface area (Å²) in [5.41, 5.74) is 3.65. The molecule has 0 aliphatic carbocycles. The summed E-state index contributed by atoms with van der Waals surface area (Å²) in [5.74, 6) is -0.831. The van der Waals surface area contributed by atoms with Gasteiger partial charge >= 0.3 is 0 Å². The Kier molecular flexibility index (Phi) is 11.4. The number of hydrogen-bond donors (Lipinski definition) is 1. The first-order chi connectivity index (χ1) is 21.5. The van der Waals surface area contributed by atoms with Crippen LogP contribution in [-0.4, -0.2) is 43.8 Å². The lowest BCUT2D eigenvalue weighted by Gasteiger charge is -2.34. The minimum absolute atomic E-state index is 0.0525. The third-order valence-corrected chi connectivity index (χ3v) is 9.75. The first-order valence-corrected chi connectivity index (χ1v) is 16.8. The second-order valence-electron chi connectivity index (χ2n) is 11.3. The van der Waals surface area contributed by atoms with Crippen molar-refractivity contribution in [2.45, 2.75) is 64.1 Å². The molecule has 0 aromatic heterocycles. The number of hydrogen-bond acceptors (Lipinski definition) is 4. The Bertz CT molecular complexity index is 1720. The Hall–Kier alpha value is -4.14. The fourth-order valence-electron chi connectivity index (χ4n) is 5.15. The van der Waals surface area contributed by atoms with Crippen LogP contribution in [0.5, 0.6) is 0 Å². The van der Waals surface area contributed by atoms with Gasteiger partial charge in [0.2, 0.25) is 11.8 Å². The maximum atomic E-state index is 14.6. The van der Waals surface area contributed by atoms with Crippen LogP contribution in [0.25, 0.3) is 0 Å². The number of sulfonamides is 1. The van der Waals surface area contributed by atoms with Gasteiger partial charge in [0.25, 0.3) is 10.0 Å². The molecular weight excluding hydrogens is 606 g/mol. The molecule has 2 amide bonds. The number of amides is 2. The first kappa shape index (κ1) is 33.7. The van der Waals surface area contributed by atoms with Gasteiger partial charge in [0.15, 0.2) is 0 Å². The van der Waals surface area contributed by atoms with Gasteiger partial charge in [0.1, 0.15) is 12.6 Å². The number of benzene rings is 4. The van der Waals surface area contributed by atoms with Crippen molar-refractivity contribution in [1.82, 2.24) is 10.2 Å². The first-order valence-electron chi connectivity index (χ1n) is 15.0. The van der Waals surface area contributed by atoms with Crippen LogP contribution in [-0.2, 0) is 32.6 Å². The molecule has 4 rings (SSSR count). The van der Waals surface area contributed by atoms with Gasteiger partial charge in [-0.2, -0.15) is 0 Å². The Labute approximate surface area is 271 Å². The molecule has 1 N–H and O–H groups in total. The predicted octanol–water partition coefficient (Wildman–Crippen LogP) is 6.71. The lowest BCUT2D eigenvalue weighted by Crippen LogP contribution is -2.54. The Balaban J connectivity index is 1.83. The molecule has 2 atom stereocenters. The molecule has 0 aliphatic rings. The lowest BCUT2D eigenvalue weighted by molar-refractivity contribution is -0.140. The monoisotopic (exact) mass is 645 g/mol. The molecule has 0 spiro atoms. The Morgan fingerprint density at radius 2 is 1.49 bits per heavy atom. The van der Waals surface area contributed by atoms with Gasteiger partial charge in [-0.25, -0.2) is 8.42 Å². The number of nitrogens with one attached hydrogen (secondary N) is 1. The van der Waals surface area contributed by atoms with E-state index in [9.17, 15) is 18.0 Å². The highest BCUT2D eigenvalue weighted by atomic mass is 35.5. The van der Waals surface area contributed by atoms with Crippen LogP contribution in [0.1, 0.15) is 42.5 Å². The molecular formula is C36H40ClN3O4S. The zero-order chi connectivity index (χ0) is 32.6. The van der Waals surface area contributed by atoms with Crippen molar-refractivity contribution < 1.29 is 18.0 Å². The zero-order valence-electron chi connectivity index (χ0n) is 26.1. The van der Waals surface area contributed by atoms with Crippen molar-refractivity contribution in [2.75, 3.05) is 10.8 Å². The Morgan fingerprint density at radius 3 is 2.11 bits per heavy atom. The van der Waals surface area contributed by atoms with Crippen LogP contribution >= 0.6 is 11.6 Å². The Morgan fingerprint density at radius 1 is 0.844 bits per heavy atom. The quantitative estimate of drug-likeness (QED) is 0.175. The molecule has 0 saturated heterocycles. The van der Waals surface area contributed by atoms with E-state index in [1.807, 2.05) is 76.2 Å². The molecule has 0 radical (unpaired) electrons. The van der Waals surface area contributed by atoms with E-state index in [2.05, 4.69) is 5.32 Å². The SMILES string of the molecule is CC[C@@H](C)NC(=O)[C@@H](Cc1ccccc1)N(Cc1cccc(Cl)c1)C(=O)CN(c1ccc(C)cc1C)S(=O)(=O)c1ccccc1. The average Bonchev–Trinajstić information content (AvgIpc) is 3.02. The molecule has 9 heteroatoms. The van der Waals surface area contributed by atoms with Gasteiger partial charge in [-0.05, 0) is 74.2 Å². The molecule has 0 fully saturated rings. The van der Waals surface area contributed by atoms with Crippen molar-refractivity contribution >= 4 is 39.1 Å². The number of anilines is 1. The highest BCUT2D eigenvalue weighted by molar-refractivity contribution is 7.92. The summed E-state index contributed by atoms with van der Waals surface area (Å²) in [6, 6.07) is 29.0. The van der Waals surface area contributed by atoms with Crippen LogP contribution in [0.2, 0.25) is 5.02 Å². The molecule has 0 aliphatic heterocycles. The highest BCUT2D eigenvalue weighted by Gasteiger charge is 2.35. The molecule has 4 aromatic carbocycles. The number of nitrogens with zero attached hydrogens (tertiary/aromatic N) is 2. The lowest BCUT2D eigenvalue weighted by atomic mass is 10.0. The summed E-state index contributed by atoms with van der Waals surface area (Å²) < 4.78 is 29.5. The molecule has 0 heterocycles. The smallest absolute Gasteiger partial charge is 0.264 e. The molecule has 4 aromatic rings. The second kappa shape index (κ2) is 15.2. The van der Waals surface area contributed by atoms with E-state index in [4.69, 9.17) is 11.6 Å². The molecule has 0 saturated carbocycles. The van der Waals surface area contributed by atoms with E-state index in [1.165, 1.54) is 17.0 Å². The van der Waals surface area contributed by atoms with E-state index in [0.29, 0.717) is 28.3 Å². The third-order valence-electron chi connectivity index (χ3n) is 7.75. The van der Waals surface area contributed by atoms with Crippen molar-refractivity contribution in [1.29, 1.82) is 0 Å². The summed E-state index contributed by atoms with van der Waals surface area (Å²) in [4.78, 5) is 30.0. The molecule has 236 valence electrons.